The van der Waals surface area contributed by atoms with Crippen LogP contribution in [0.3, 0.4) is 0 Å². The summed E-state index contributed by atoms with van der Waals surface area (Å²) in [5.41, 5.74) is 9.45. The van der Waals surface area contributed by atoms with Crippen molar-refractivity contribution in [2.75, 3.05) is 0 Å². The third-order valence-corrected chi connectivity index (χ3v) is 8.55. The van der Waals surface area contributed by atoms with Gasteiger partial charge in [0.1, 0.15) is 42.6 Å². The summed E-state index contributed by atoms with van der Waals surface area (Å²) >= 11 is 0. The van der Waals surface area contributed by atoms with Gasteiger partial charge in [0.2, 0.25) is 0 Å². The standard InChI is InChI=1S/C38H20B4O/c39-30-20-29(36(40)38(42)37(30)41)34-26-13-6-4-11-24(26)33(25-12-5-7-14-27(25)34)22-17-18-31-28(19-22)35-23(15-8-16-32(35)43-31)21-9-2-1-3-10-21/h1-20H. The minimum absolute atomic E-state index is 0.304. The molecule has 1 nitrogen and oxygen atoms in total. The maximum absolute atomic E-state index is 6.61. The first kappa shape index (κ1) is 25.8. The van der Waals surface area contributed by atoms with Gasteiger partial charge in [-0.1, -0.05) is 109 Å². The van der Waals surface area contributed by atoms with Crippen LogP contribution in [-0.4, -0.2) is 31.4 Å². The van der Waals surface area contributed by atoms with Crippen molar-refractivity contribution in [1.29, 1.82) is 0 Å². The molecule has 0 fully saturated rings. The van der Waals surface area contributed by atoms with Gasteiger partial charge in [0, 0.05) is 10.8 Å². The first-order valence-corrected chi connectivity index (χ1v) is 14.2. The quantitative estimate of drug-likeness (QED) is 0.198. The minimum Gasteiger partial charge on any atom is -0.456 e. The highest BCUT2D eigenvalue weighted by atomic mass is 16.3. The van der Waals surface area contributed by atoms with Gasteiger partial charge in [-0.25, -0.2) is 0 Å². The van der Waals surface area contributed by atoms with Crippen LogP contribution in [0.15, 0.2) is 126 Å². The van der Waals surface area contributed by atoms with Crippen LogP contribution < -0.4 is 21.9 Å². The van der Waals surface area contributed by atoms with E-state index in [0.717, 1.165) is 76.9 Å². The van der Waals surface area contributed by atoms with Crippen LogP contribution in [0, 0.1) is 0 Å². The average Bonchev–Trinajstić information content (AvgIpc) is 3.43. The monoisotopic (exact) mass is 536 g/mol. The number of rotatable bonds is 3. The van der Waals surface area contributed by atoms with E-state index in [4.69, 9.17) is 35.8 Å². The van der Waals surface area contributed by atoms with E-state index in [1.54, 1.807) is 0 Å². The molecule has 0 aliphatic rings. The second kappa shape index (κ2) is 9.85. The van der Waals surface area contributed by atoms with E-state index in [0.29, 0.717) is 21.9 Å². The molecule has 0 aliphatic heterocycles. The zero-order valence-electron chi connectivity index (χ0n) is 23.3. The van der Waals surface area contributed by atoms with E-state index in [1.807, 2.05) is 30.3 Å². The number of benzene rings is 7. The Morgan fingerprint density at radius 1 is 0.395 bits per heavy atom. The van der Waals surface area contributed by atoms with E-state index in [1.165, 1.54) is 0 Å². The van der Waals surface area contributed by atoms with E-state index in [2.05, 4.69) is 91.0 Å². The molecule has 0 aliphatic carbocycles. The van der Waals surface area contributed by atoms with Crippen molar-refractivity contribution in [3.63, 3.8) is 0 Å². The largest absolute Gasteiger partial charge is 0.456 e. The van der Waals surface area contributed by atoms with Crippen molar-refractivity contribution < 1.29 is 4.42 Å². The molecule has 8 rings (SSSR count). The highest BCUT2D eigenvalue weighted by molar-refractivity contribution is 6.63. The zero-order chi connectivity index (χ0) is 29.2. The van der Waals surface area contributed by atoms with Crippen molar-refractivity contribution in [3.05, 3.63) is 121 Å². The van der Waals surface area contributed by atoms with Crippen molar-refractivity contribution in [2.24, 2.45) is 0 Å². The molecular formula is C38H20B4O. The maximum atomic E-state index is 6.61. The fourth-order valence-corrected chi connectivity index (χ4v) is 6.53. The van der Waals surface area contributed by atoms with Gasteiger partial charge in [-0.15, -0.1) is 16.4 Å². The average molecular weight is 536 g/mol. The molecule has 1 heterocycles. The molecule has 7 aromatic carbocycles. The lowest BCUT2D eigenvalue weighted by molar-refractivity contribution is 0.669. The third-order valence-electron chi connectivity index (χ3n) is 8.55. The molecule has 0 bridgehead atoms. The molecule has 1 aromatic heterocycles. The smallest absolute Gasteiger partial charge is 0.136 e. The van der Waals surface area contributed by atoms with Gasteiger partial charge in [0.05, 0.1) is 0 Å². The molecule has 8 aromatic rings. The van der Waals surface area contributed by atoms with Crippen molar-refractivity contribution >= 4 is 96.7 Å². The molecule has 0 spiro atoms. The molecule has 190 valence electrons. The molecule has 0 unspecified atom stereocenters. The van der Waals surface area contributed by atoms with Gasteiger partial charge in [0.25, 0.3) is 0 Å². The molecule has 43 heavy (non-hydrogen) atoms. The van der Waals surface area contributed by atoms with Gasteiger partial charge < -0.3 is 4.42 Å². The van der Waals surface area contributed by atoms with E-state index >= 15 is 0 Å². The number of fused-ring (bicyclic) bond motifs is 5. The predicted octanol–water partition coefficient (Wildman–Crippen LogP) is 6.07. The van der Waals surface area contributed by atoms with E-state index < -0.39 is 0 Å². The Bertz CT molecular complexity index is 2330. The molecule has 8 radical (unpaired) electrons. The lowest BCUT2D eigenvalue weighted by Gasteiger charge is -2.22. The van der Waals surface area contributed by atoms with E-state index in [9.17, 15) is 0 Å². The predicted molar refractivity (Wildman–Crippen MR) is 187 cm³/mol. The van der Waals surface area contributed by atoms with Crippen molar-refractivity contribution in [2.45, 2.75) is 0 Å². The Hall–Kier alpha value is -4.88. The normalized spacial score (nSPS) is 11.6. The van der Waals surface area contributed by atoms with Crippen LogP contribution in [0.2, 0.25) is 0 Å². The van der Waals surface area contributed by atoms with Crippen molar-refractivity contribution in [3.8, 4) is 33.4 Å². The lowest BCUT2D eigenvalue weighted by Crippen LogP contribution is -2.47. The first-order valence-electron chi connectivity index (χ1n) is 14.2. The van der Waals surface area contributed by atoms with E-state index in [-0.39, 0.29) is 0 Å². The minimum atomic E-state index is 0.304. The Morgan fingerprint density at radius 2 is 1.02 bits per heavy atom. The number of hydrogen-bond donors (Lipinski definition) is 0. The van der Waals surface area contributed by atoms with Crippen LogP contribution in [0.25, 0.3) is 76.9 Å². The molecule has 0 amide bonds. The highest BCUT2D eigenvalue weighted by Gasteiger charge is 2.20. The number of hydrogen-bond acceptors (Lipinski definition) is 1. The Labute approximate surface area is 255 Å². The van der Waals surface area contributed by atoms with Crippen molar-refractivity contribution in [1.82, 2.24) is 0 Å². The fraction of sp³-hybridized carbons (Fsp3) is 0. The second-order valence-corrected chi connectivity index (χ2v) is 11.0. The van der Waals surface area contributed by atoms with Crippen LogP contribution in [-0.2, 0) is 0 Å². The fourth-order valence-electron chi connectivity index (χ4n) is 6.53. The summed E-state index contributed by atoms with van der Waals surface area (Å²) in [6.45, 7) is 0. The zero-order valence-corrected chi connectivity index (χ0v) is 23.3. The van der Waals surface area contributed by atoms with Gasteiger partial charge in [0.15, 0.2) is 0 Å². The summed E-state index contributed by atoms with van der Waals surface area (Å²) in [4.78, 5) is 0. The summed E-state index contributed by atoms with van der Waals surface area (Å²) in [7, 11) is 25.4. The van der Waals surface area contributed by atoms with Crippen LogP contribution in [0.4, 0.5) is 0 Å². The topological polar surface area (TPSA) is 13.1 Å². The summed E-state index contributed by atoms with van der Waals surface area (Å²) in [6, 6.07) is 41.8. The number of furan rings is 1. The van der Waals surface area contributed by atoms with Crippen LogP contribution in [0.5, 0.6) is 0 Å². The summed E-state index contributed by atoms with van der Waals surface area (Å²) in [5, 5.41) is 6.48. The molecule has 5 heteroatoms. The Balaban J connectivity index is 1.47. The van der Waals surface area contributed by atoms with Crippen LogP contribution >= 0.6 is 0 Å². The van der Waals surface area contributed by atoms with Crippen LogP contribution in [0.1, 0.15) is 0 Å². The first-order chi connectivity index (χ1) is 21.0. The SMILES string of the molecule is [B]c1cc(-c2c3ccccc3c(-c3ccc4oc5cccc(-c6ccccc6)c5c4c3)c3ccccc23)c([B])c([B])c1[B]. The van der Waals surface area contributed by atoms with Gasteiger partial charge in [-0.2, -0.15) is 0 Å². The summed E-state index contributed by atoms with van der Waals surface area (Å²) in [5.74, 6) is 0. The molecule has 0 saturated heterocycles. The molecule has 0 N–H and O–H groups in total. The Kier molecular flexibility index (Phi) is 5.91. The third kappa shape index (κ3) is 3.92. The molecule has 0 saturated carbocycles. The molecular weight excluding hydrogens is 516 g/mol. The van der Waals surface area contributed by atoms with Gasteiger partial charge in [-0.05, 0) is 73.1 Å². The summed E-state index contributed by atoms with van der Waals surface area (Å²) in [6.07, 6.45) is 0. The summed E-state index contributed by atoms with van der Waals surface area (Å²) < 4.78 is 6.35. The van der Waals surface area contributed by atoms with Gasteiger partial charge in [-0.3, -0.25) is 0 Å². The second-order valence-electron chi connectivity index (χ2n) is 11.0. The highest BCUT2D eigenvalue weighted by Crippen LogP contribution is 2.45. The Morgan fingerprint density at radius 3 is 1.70 bits per heavy atom. The van der Waals surface area contributed by atoms with Gasteiger partial charge >= 0.3 is 0 Å². The lowest BCUT2D eigenvalue weighted by atomic mass is 9.64. The molecule has 0 atom stereocenters. The maximum Gasteiger partial charge on any atom is 0.136 e.